The first-order valence-corrected chi connectivity index (χ1v) is 7.11. The molecular formula is C15H20N2O4. The van der Waals surface area contributed by atoms with Crippen molar-refractivity contribution < 1.29 is 19.4 Å². The molecule has 21 heavy (non-hydrogen) atoms. The minimum absolute atomic E-state index is 0.0219. The third-order valence-corrected chi connectivity index (χ3v) is 3.33. The van der Waals surface area contributed by atoms with Crippen molar-refractivity contribution in [1.82, 2.24) is 10.2 Å². The molecule has 0 radical (unpaired) electrons. The number of carboxylic acid groups (broad SMARTS) is 1. The van der Waals surface area contributed by atoms with Crippen LogP contribution in [0, 0.1) is 0 Å². The maximum Gasteiger partial charge on any atom is 0.317 e. The van der Waals surface area contributed by atoms with Gasteiger partial charge in [0.25, 0.3) is 0 Å². The van der Waals surface area contributed by atoms with E-state index in [9.17, 15) is 9.59 Å². The normalized spacial score (nSPS) is 18.1. The van der Waals surface area contributed by atoms with Crippen molar-refractivity contribution >= 4 is 12.0 Å². The molecule has 1 heterocycles. The maximum absolute atomic E-state index is 11.9. The molecule has 0 aliphatic carbocycles. The van der Waals surface area contributed by atoms with Crippen molar-refractivity contribution in [3.8, 4) is 5.75 Å². The number of carboxylic acids is 1. The van der Waals surface area contributed by atoms with Gasteiger partial charge in [0, 0.05) is 13.1 Å². The molecule has 1 aliphatic rings. The molecule has 114 valence electrons. The quantitative estimate of drug-likeness (QED) is 0.866. The van der Waals surface area contributed by atoms with Crippen molar-refractivity contribution in [1.29, 1.82) is 0 Å². The zero-order chi connectivity index (χ0) is 15.1. The SMILES string of the molecule is O=C(O)CCNC(=O)N1CCCC(Oc2ccccc2)C1. The fraction of sp³-hybridized carbons (Fsp3) is 0.467. The summed E-state index contributed by atoms with van der Waals surface area (Å²) in [6, 6.07) is 9.31. The molecule has 0 spiro atoms. The highest BCUT2D eigenvalue weighted by Gasteiger charge is 2.24. The van der Waals surface area contributed by atoms with E-state index in [0.717, 1.165) is 18.6 Å². The van der Waals surface area contributed by atoms with E-state index in [1.165, 1.54) is 0 Å². The Kier molecular flexibility index (Phi) is 5.43. The van der Waals surface area contributed by atoms with Gasteiger partial charge in [-0.2, -0.15) is 0 Å². The van der Waals surface area contributed by atoms with Crippen LogP contribution in [0.15, 0.2) is 30.3 Å². The third-order valence-electron chi connectivity index (χ3n) is 3.33. The number of hydrogen-bond acceptors (Lipinski definition) is 3. The molecule has 0 saturated carbocycles. The molecule has 2 amide bonds. The number of carbonyl (C=O) groups is 2. The highest BCUT2D eigenvalue weighted by atomic mass is 16.5. The van der Waals surface area contributed by atoms with E-state index in [1.54, 1.807) is 4.90 Å². The van der Waals surface area contributed by atoms with Gasteiger partial charge >= 0.3 is 12.0 Å². The summed E-state index contributed by atoms with van der Waals surface area (Å²) in [7, 11) is 0. The van der Waals surface area contributed by atoms with Crippen molar-refractivity contribution in [2.75, 3.05) is 19.6 Å². The van der Waals surface area contributed by atoms with Gasteiger partial charge in [-0.15, -0.1) is 0 Å². The van der Waals surface area contributed by atoms with Gasteiger partial charge in [0.2, 0.25) is 0 Å². The van der Waals surface area contributed by atoms with Crippen LogP contribution in [0.5, 0.6) is 5.75 Å². The van der Waals surface area contributed by atoms with Crippen LogP contribution in [-0.2, 0) is 4.79 Å². The molecule has 1 atom stereocenters. The highest BCUT2D eigenvalue weighted by molar-refractivity contribution is 5.75. The molecule has 1 aliphatic heterocycles. The van der Waals surface area contributed by atoms with Crippen LogP contribution in [0.3, 0.4) is 0 Å². The second-order valence-corrected chi connectivity index (χ2v) is 5.02. The summed E-state index contributed by atoms with van der Waals surface area (Å²) in [5, 5.41) is 11.2. The zero-order valence-corrected chi connectivity index (χ0v) is 11.8. The summed E-state index contributed by atoms with van der Waals surface area (Å²) in [4.78, 5) is 24.1. The van der Waals surface area contributed by atoms with Gasteiger partial charge in [-0.25, -0.2) is 4.79 Å². The van der Waals surface area contributed by atoms with Gasteiger partial charge in [0.05, 0.1) is 13.0 Å². The number of benzene rings is 1. The lowest BCUT2D eigenvalue weighted by molar-refractivity contribution is -0.136. The lowest BCUT2D eigenvalue weighted by Gasteiger charge is -2.32. The number of aliphatic carboxylic acids is 1. The van der Waals surface area contributed by atoms with E-state index in [4.69, 9.17) is 9.84 Å². The number of carbonyl (C=O) groups excluding carboxylic acids is 1. The molecule has 0 bridgehead atoms. The van der Waals surface area contributed by atoms with E-state index in [1.807, 2.05) is 30.3 Å². The van der Waals surface area contributed by atoms with Gasteiger partial charge in [0.15, 0.2) is 0 Å². The third kappa shape index (κ3) is 4.98. The molecule has 6 nitrogen and oxygen atoms in total. The van der Waals surface area contributed by atoms with Gasteiger partial charge in [0.1, 0.15) is 11.9 Å². The van der Waals surface area contributed by atoms with E-state index in [-0.39, 0.29) is 25.1 Å². The molecule has 1 saturated heterocycles. The Hall–Kier alpha value is -2.24. The average molecular weight is 292 g/mol. The molecular weight excluding hydrogens is 272 g/mol. The Labute approximate surface area is 123 Å². The molecule has 2 rings (SSSR count). The van der Waals surface area contributed by atoms with Crippen LogP contribution in [-0.4, -0.2) is 47.7 Å². The number of ether oxygens (including phenoxy) is 1. The minimum Gasteiger partial charge on any atom is -0.489 e. The Bertz CT molecular complexity index is 478. The second kappa shape index (κ2) is 7.52. The summed E-state index contributed by atoms with van der Waals surface area (Å²) in [6.45, 7) is 1.34. The van der Waals surface area contributed by atoms with Gasteiger partial charge in [-0.3, -0.25) is 4.79 Å². The molecule has 2 N–H and O–H groups in total. The molecule has 1 fully saturated rings. The van der Waals surface area contributed by atoms with Crippen molar-refractivity contribution in [2.45, 2.75) is 25.4 Å². The second-order valence-electron chi connectivity index (χ2n) is 5.02. The van der Waals surface area contributed by atoms with Crippen LogP contribution in [0.25, 0.3) is 0 Å². The number of nitrogens with one attached hydrogen (secondary N) is 1. The van der Waals surface area contributed by atoms with Crippen molar-refractivity contribution in [3.63, 3.8) is 0 Å². The number of nitrogens with zero attached hydrogens (tertiary/aromatic N) is 1. The lowest BCUT2D eigenvalue weighted by atomic mass is 10.1. The summed E-state index contributed by atoms with van der Waals surface area (Å²) in [6.07, 6.45) is 1.70. The van der Waals surface area contributed by atoms with Crippen LogP contribution in [0.4, 0.5) is 4.79 Å². The number of rotatable bonds is 5. The Morgan fingerprint density at radius 2 is 2.10 bits per heavy atom. The number of piperidine rings is 1. The predicted molar refractivity (Wildman–Crippen MR) is 77.3 cm³/mol. The Balaban J connectivity index is 1.80. The summed E-state index contributed by atoms with van der Waals surface area (Å²) < 4.78 is 5.86. The van der Waals surface area contributed by atoms with Gasteiger partial charge < -0.3 is 20.1 Å². The molecule has 0 aromatic heterocycles. The Morgan fingerprint density at radius 3 is 2.81 bits per heavy atom. The minimum atomic E-state index is -0.917. The van der Waals surface area contributed by atoms with Crippen molar-refractivity contribution in [3.05, 3.63) is 30.3 Å². The van der Waals surface area contributed by atoms with Crippen LogP contribution in [0.1, 0.15) is 19.3 Å². The van der Waals surface area contributed by atoms with Gasteiger partial charge in [-0.1, -0.05) is 18.2 Å². The average Bonchev–Trinajstić information content (AvgIpc) is 2.48. The lowest BCUT2D eigenvalue weighted by Crippen LogP contribution is -2.48. The fourth-order valence-electron chi connectivity index (χ4n) is 2.30. The fourth-order valence-corrected chi connectivity index (χ4v) is 2.30. The van der Waals surface area contributed by atoms with E-state index in [2.05, 4.69) is 5.32 Å². The van der Waals surface area contributed by atoms with E-state index < -0.39 is 5.97 Å². The first-order valence-electron chi connectivity index (χ1n) is 7.11. The molecule has 6 heteroatoms. The topological polar surface area (TPSA) is 78.9 Å². The summed E-state index contributed by atoms with van der Waals surface area (Å²) >= 11 is 0. The van der Waals surface area contributed by atoms with Crippen LogP contribution >= 0.6 is 0 Å². The summed E-state index contributed by atoms with van der Waals surface area (Å²) in [5.41, 5.74) is 0. The number of amides is 2. The number of likely N-dealkylation sites (tertiary alicyclic amines) is 1. The largest absolute Gasteiger partial charge is 0.489 e. The monoisotopic (exact) mass is 292 g/mol. The Morgan fingerprint density at radius 1 is 1.33 bits per heavy atom. The molecule has 1 aromatic rings. The number of hydrogen-bond donors (Lipinski definition) is 2. The zero-order valence-electron chi connectivity index (χ0n) is 11.8. The van der Waals surface area contributed by atoms with Crippen LogP contribution in [0.2, 0.25) is 0 Å². The van der Waals surface area contributed by atoms with E-state index in [0.29, 0.717) is 13.1 Å². The van der Waals surface area contributed by atoms with E-state index >= 15 is 0 Å². The number of urea groups is 1. The maximum atomic E-state index is 11.9. The predicted octanol–water partition coefficient (Wildman–Crippen LogP) is 1.71. The standard InChI is InChI=1S/C15H20N2O4/c18-14(19)8-9-16-15(20)17-10-4-7-13(11-17)21-12-5-2-1-3-6-12/h1-3,5-6,13H,4,7-11H2,(H,16,20)(H,18,19). The molecule has 1 aromatic carbocycles. The van der Waals surface area contributed by atoms with Crippen LogP contribution < -0.4 is 10.1 Å². The molecule has 1 unspecified atom stereocenters. The van der Waals surface area contributed by atoms with Gasteiger partial charge in [-0.05, 0) is 25.0 Å². The first-order chi connectivity index (χ1) is 10.1. The highest BCUT2D eigenvalue weighted by Crippen LogP contribution is 2.18. The van der Waals surface area contributed by atoms with Crippen molar-refractivity contribution in [2.24, 2.45) is 0 Å². The number of para-hydroxylation sites is 1. The first kappa shape index (κ1) is 15.2. The summed E-state index contributed by atoms with van der Waals surface area (Å²) in [5.74, 6) is -0.116. The smallest absolute Gasteiger partial charge is 0.317 e.